The van der Waals surface area contributed by atoms with Crippen LogP contribution in [-0.4, -0.2) is 16.2 Å². The molecule has 1 aromatic heterocycles. The van der Waals surface area contributed by atoms with E-state index in [1.807, 2.05) is 35.8 Å². The fraction of sp³-hybridized carbons (Fsp3) is 0.357. The summed E-state index contributed by atoms with van der Waals surface area (Å²) in [5.41, 5.74) is 7.92. The second-order valence-electron chi connectivity index (χ2n) is 4.13. The van der Waals surface area contributed by atoms with Gasteiger partial charge in [-0.3, -0.25) is 0 Å². The van der Waals surface area contributed by atoms with E-state index in [0.717, 1.165) is 30.0 Å². The number of nitrogens with two attached hydrogens (primary N) is 1. The molecular formula is C14H19N3O. The van der Waals surface area contributed by atoms with Crippen LogP contribution in [0.4, 0.5) is 5.82 Å². The van der Waals surface area contributed by atoms with Gasteiger partial charge in [0.25, 0.3) is 0 Å². The van der Waals surface area contributed by atoms with Gasteiger partial charge < -0.3 is 15.0 Å². The van der Waals surface area contributed by atoms with E-state index >= 15 is 0 Å². The minimum Gasteiger partial charge on any atom is -0.494 e. The van der Waals surface area contributed by atoms with Crippen molar-refractivity contribution in [2.75, 3.05) is 12.3 Å². The van der Waals surface area contributed by atoms with Gasteiger partial charge in [-0.05, 0) is 25.5 Å². The number of nitrogen functional groups attached to an aromatic ring is 1. The lowest BCUT2D eigenvalue weighted by molar-refractivity contribution is 0.340. The number of aromatic nitrogens is 2. The molecule has 0 spiro atoms. The fourth-order valence-electron chi connectivity index (χ4n) is 1.93. The van der Waals surface area contributed by atoms with E-state index in [2.05, 4.69) is 11.9 Å². The Bertz CT molecular complexity index is 520. The van der Waals surface area contributed by atoms with Gasteiger partial charge in [0.05, 0.1) is 12.9 Å². The first-order valence-electron chi connectivity index (χ1n) is 6.30. The number of ether oxygens (including phenoxy) is 1. The molecule has 0 saturated heterocycles. The van der Waals surface area contributed by atoms with Crippen LogP contribution in [-0.2, 0) is 6.54 Å². The van der Waals surface area contributed by atoms with E-state index in [4.69, 9.17) is 10.5 Å². The van der Waals surface area contributed by atoms with Gasteiger partial charge in [-0.1, -0.05) is 19.1 Å². The standard InChI is InChI=1S/C14H19N3O/c1-3-8-17-10-16-13(14(17)15)11-6-5-7-12(9-11)18-4-2/h5-7,9-10H,3-4,8,15H2,1-2H3. The maximum atomic E-state index is 6.11. The van der Waals surface area contributed by atoms with Crippen molar-refractivity contribution in [3.8, 4) is 17.0 Å². The lowest BCUT2D eigenvalue weighted by atomic mass is 10.1. The zero-order valence-electron chi connectivity index (χ0n) is 10.9. The molecule has 0 amide bonds. The third kappa shape index (κ3) is 2.47. The van der Waals surface area contributed by atoms with Crippen molar-refractivity contribution in [2.45, 2.75) is 26.8 Å². The molecule has 0 unspecified atom stereocenters. The van der Waals surface area contributed by atoms with Crippen LogP contribution in [0.1, 0.15) is 20.3 Å². The predicted octanol–water partition coefficient (Wildman–Crippen LogP) is 2.94. The zero-order chi connectivity index (χ0) is 13.0. The molecule has 18 heavy (non-hydrogen) atoms. The Morgan fingerprint density at radius 1 is 1.33 bits per heavy atom. The highest BCUT2D eigenvalue weighted by Crippen LogP contribution is 2.27. The molecule has 0 atom stereocenters. The fourth-order valence-corrected chi connectivity index (χ4v) is 1.93. The molecule has 0 fully saturated rings. The molecule has 0 bridgehead atoms. The molecule has 0 radical (unpaired) electrons. The summed E-state index contributed by atoms with van der Waals surface area (Å²) in [7, 11) is 0. The highest BCUT2D eigenvalue weighted by molar-refractivity contribution is 5.71. The smallest absolute Gasteiger partial charge is 0.131 e. The second-order valence-corrected chi connectivity index (χ2v) is 4.13. The average Bonchev–Trinajstić information content (AvgIpc) is 2.73. The van der Waals surface area contributed by atoms with Crippen LogP contribution in [0.15, 0.2) is 30.6 Å². The van der Waals surface area contributed by atoms with Crippen LogP contribution in [0, 0.1) is 0 Å². The monoisotopic (exact) mass is 245 g/mol. The third-order valence-corrected chi connectivity index (χ3v) is 2.76. The molecule has 0 saturated carbocycles. The van der Waals surface area contributed by atoms with E-state index in [0.29, 0.717) is 12.4 Å². The Hall–Kier alpha value is -1.97. The highest BCUT2D eigenvalue weighted by atomic mass is 16.5. The molecule has 4 nitrogen and oxygen atoms in total. The first-order valence-corrected chi connectivity index (χ1v) is 6.30. The van der Waals surface area contributed by atoms with Crippen molar-refractivity contribution in [2.24, 2.45) is 0 Å². The minimum atomic E-state index is 0.656. The molecule has 1 aromatic carbocycles. The Kier molecular flexibility index (Phi) is 3.87. The zero-order valence-corrected chi connectivity index (χ0v) is 10.9. The summed E-state index contributed by atoms with van der Waals surface area (Å²) >= 11 is 0. The predicted molar refractivity (Wildman–Crippen MR) is 73.5 cm³/mol. The SMILES string of the molecule is CCCn1cnc(-c2cccc(OCC)c2)c1N. The number of rotatable bonds is 5. The largest absolute Gasteiger partial charge is 0.494 e. The lowest BCUT2D eigenvalue weighted by Gasteiger charge is -2.06. The van der Waals surface area contributed by atoms with E-state index < -0.39 is 0 Å². The first kappa shape index (κ1) is 12.5. The molecule has 96 valence electrons. The molecule has 0 aliphatic heterocycles. The number of imidazole rings is 1. The number of hydrogen-bond acceptors (Lipinski definition) is 3. The first-order chi connectivity index (χ1) is 8.76. The highest BCUT2D eigenvalue weighted by Gasteiger charge is 2.09. The Morgan fingerprint density at radius 3 is 2.89 bits per heavy atom. The quantitative estimate of drug-likeness (QED) is 0.881. The van der Waals surface area contributed by atoms with Crippen LogP contribution < -0.4 is 10.5 Å². The summed E-state index contributed by atoms with van der Waals surface area (Å²) < 4.78 is 7.46. The summed E-state index contributed by atoms with van der Waals surface area (Å²) in [5.74, 6) is 1.56. The molecular weight excluding hydrogens is 226 g/mol. The molecule has 2 rings (SSSR count). The topological polar surface area (TPSA) is 53.1 Å². The Morgan fingerprint density at radius 2 is 2.17 bits per heavy atom. The minimum absolute atomic E-state index is 0.656. The van der Waals surface area contributed by atoms with Gasteiger partial charge >= 0.3 is 0 Å². The van der Waals surface area contributed by atoms with Crippen LogP contribution in [0.5, 0.6) is 5.75 Å². The third-order valence-electron chi connectivity index (χ3n) is 2.76. The van der Waals surface area contributed by atoms with Crippen LogP contribution >= 0.6 is 0 Å². The maximum absolute atomic E-state index is 6.11. The van der Waals surface area contributed by atoms with E-state index in [1.54, 1.807) is 6.33 Å². The van der Waals surface area contributed by atoms with E-state index in [9.17, 15) is 0 Å². The molecule has 1 heterocycles. The van der Waals surface area contributed by atoms with Gasteiger partial charge in [-0.15, -0.1) is 0 Å². The number of benzene rings is 1. The number of nitrogens with zero attached hydrogens (tertiary/aromatic N) is 2. The van der Waals surface area contributed by atoms with Crippen molar-refractivity contribution in [3.63, 3.8) is 0 Å². The van der Waals surface area contributed by atoms with Crippen molar-refractivity contribution in [1.29, 1.82) is 0 Å². The van der Waals surface area contributed by atoms with Crippen LogP contribution in [0.2, 0.25) is 0 Å². The normalized spacial score (nSPS) is 10.6. The number of aryl methyl sites for hydroxylation is 1. The average molecular weight is 245 g/mol. The lowest BCUT2D eigenvalue weighted by Crippen LogP contribution is -2.01. The van der Waals surface area contributed by atoms with Crippen LogP contribution in [0.3, 0.4) is 0 Å². The van der Waals surface area contributed by atoms with Crippen molar-refractivity contribution in [1.82, 2.24) is 9.55 Å². The molecule has 2 N–H and O–H groups in total. The van der Waals surface area contributed by atoms with Gasteiger partial charge in [-0.2, -0.15) is 0 Å². The molecule has 4 heteroatoms. The Balaban J connectivity index is 2.33. The van der Waals surface area contributed by atoms with Gasteiger partial charge in [0.2, 0.25) is 0 Å². The van der Waals surface area contributed by atoms with E-state index in [1.165, 1.54) is 0 Å². The molecule has 0 aliphatic rings. The van der Waals surface area contributed by atoms with Crippen molar-refractivity contribution < 1.29 is 4.74 Å². The summed E-state index contributed by atoms with van der Waals surface area (Å²) in [6.45, 7) is 5.64. The van der Waals surface area contributed by atoms with Gasteiger partial charge in [0, 0.05) is 12.1 Å². The van der Waals surface area contributed by atoms with Gasteiger partial charge in [0.1, 0.15) is 17.3 Å². The van der Waals surface area contributed by atoms with Crippen LogP contribution in [0.25, 0.3) is 11.3 Å². The summed E-state index contributed by atoms with van der Waals surface area (Å²) in [4.78, 5) is 4.39. The maximum Gasteiger partial charge on any atom is 0.131 e. The van der Waals surface area contributed by atoms with Gasteiger partial charge in [0.15, 0.2) is 0 Å². The van der Waals surface area contributed by atoms with Crippen molar-refractivity contribution >= 4 is 5.82 Å². The summed E-state index contributed by atoms with van der Waals surface area (Å²) in [6, 6.07) is 7.86. The molecule has 2 aromatic rings. The van der Waals surface area contributed by atoms with E-state index in [-0.39, 0.29) is 0 Å². The van der Waals surface area contributed by atoms with Gasteiger partial charge in [-0.25, -0.2) is 4.98 Å². The molecule has 0 aliphatic carbocycles. The number of anilines is 1. The second kappa shape index (κ2) is 5.58. The number of hydrogen-bond donors (Lipinski definition) is 1. The van der Waals surface area contributed by atoms with Crippen molar-refractivity contribution in [3.05, 3.63) is 30.6 Å². The summed E-state index contributed by atoms with van der Waals surface area (Å²) in [6.07, 6.45) is 2.83. The Labute approximate surface area is 107 Å². The summed E-state index contributed by atoms with van der Waals surface area (Å²) in [5, 5.41) is 0.